The normalized spacial score (nSPS) is 30.4. The minimum absolute atomic E-state index is 0.0481. The van der Waals surface area contributed by atoms with E-state index in [9.17, 15) is 30.3 Å². The number of hydrogen-bond donors (Lipinski definition) is 7. The second kappa shape index (κ2) is 9.60. The molecule has 0 bridgehead atoms. The van der Waals surface area contributed by atoms with Gasteiger partial charge in [0.05, 0.1) is 53.4 Å². The van der Waals surface area contributed by atoms with Crippen molar-refractivity contribution in [2.24, 2.45) is 5.73 Å². The molecule has 0 saturated carbocycles. The van der Waals surface area contributed by atoms with E-state index >= 15 is 0 Å². The fourth-order valence-electron chi connectivity index (χ4n) is 5.91. The van der Waals surface area contributed by atoms with Gasteiger partial charge in [-0.3, -0.25) is 10.2 Å². The van der Waals surface area contributed by atoms with Crippen LogP contribution in [0.5, 0.6) is 17.2 Å². The second-order valence-electron chi connectivity index (χ2n) is 10.3. The molecule has 204 valence electrons. The molecule has 0 spiro atoms. The first-order valence-electron chi connectivity index (χ1n) is 12.5. The highest BCUT2D eigenvalue weighted by molar-refractivity contribution is 6.32. The third kappa shape index (κ3) is 4.06. The van der Waals surface area contributed by atoms with E-state index < -0.39 is 53.5 Å². The number of phenolic OH excluding ortho intramolecular Hbond substituents is 2. The van der Waals surface area contributed by atoms with Crippen molar-refractivity contribution in [3.05, 3.63) is 51.6 Å². The lowest BCUT2D eigenvalue weighted by atomic mass is 9.72. The number of aromatic hydroxyl groups is 2. The van der Waals surface area contributed by atoms with Gasteiger partial charge in [0.1, 0.15) is 17.2 Å². The van der Waals surface area contributed by atoms with Gasteiger partial charge in [0.15, 0.2) is 12.1 Å². The minimum Gasteiger partial charge on any atom is -0.507 e. The third-order valence-corrected chi connectivity index (χ3v) is 7.84. The lowest BCUT2D eigenvalue weighted by molar-refractivity contribution is -0.248. The van der Waals surface area contributed by atoms with E-state index in [1.54, 1.807) is 19.1 Å². The highest BCUT2D eigenvalue weighted by Crippen LogP contribution is 2.52. The van der Waals surface area contributed by atoms with E-state index in [-0.39, 0.29) is 77.1 Å². The van der Waals surface area contributed by atoms with Gasteiger partial charge in [-0.1, -0.05) is 12.1 Å². The SMILES string of the molecule is COc1cccc2c1C(=N)c1c(O)c3c(c(O)c1C2=O)C[C@@](O)(CCO)C[C@@H]3OC1CC(N)C(O)C(C)O1. The van der Waals surface area contributed by atoms with Gasteiger partial charge in [-0.05, 0) is 19.4 Å². The zero-order chi connectivity index (χ0) is 27.5. The van der Waals surface area contributed by atoms with Crippen LogP contribution in [0, 0.1) is 5.41 Å². The largest absolute Gasteiger partial charge is 0.507 e. The Morgan fingerprint density at radius 3 is 2.61 bits per heavy atom. The molecule has 0 amide bonds. The number of nitrogens with one attached hydrogen (secondary N) is 1. The lowest BCUT2D eigenvalue weighted by Gasteiger charge is -2.43. The first kappa shape index (κ1) is 26.5. The van der Waals surface area contributed by atoms with Gasteiger partial charge in [-0.15, -0.1) is 0 Å². The van der Waals surface area contributed by atoms with Crippen molar-refractivity contribution in [3.63, 3.8) is 0 Å². The molecule has 2 aromatic rings. The maximum atomic E-state index is 13.6. The number of ether oxygens (including phenoxy) is 3. The van der Waals surface area contributed by atoms with Crippen LogP contribution < -0.4 is 10.5 Å². The number of rotatable bonds is 5. The molecule has 38 heavy (non-hydrogen) atoms. The van der Waals surface area contributed by atoms with Crippen LogP contribution in [-0.2, 0) is 15.9 Å². The summed E-state index contributed by atoms with van der Waals surface area (Å²) in [6, 6.07) is 4.07. The van der Waals surface area contributed by atoms with E-state index in [2.05, 4.69) is 0 Å². The zero-order valence-corrected chi connectivity index (χ0v) is 21.1. The molecule has 2 aliphatic carbocycles. The predicted molar refractivity (Wildman–Crippen MR) is 134 cm³/mol. The van der Waals surface area contributed by atoms with Crippen molar-refractivity contribution >= 4 is 11.5 Å². The van der Waals surface area contributed by atoms with Crippen molar-refractivity contribution in [2.45, 2.75) is 68.9 Å². The average molecular weight is 529 g/mol. The van der Waals surface area contributed by atoms with Gasteiger partial charge in [0, 0.05) is 48.6 Å². The van der Waals surface area contributed by atoms with Gasteiger partial charge in [-0.25, -0.2) is 0 Å². The Balaban J connectivity index is 1.66. The van der Waals surface area contributed by atoms with Gasteiger partial charge in [-0.2, -0.15) is 0 Å². The first-order chi connectivity index (χ1) is 18.0. The molecule has 0 radical (unpaired) electrons. The summed E-state index contributed by atoms with van der Waals surface area (Å²) < 4.78 is 17.3. The lowest BCUT2D eigenvalue weighted by Crippen LogP contribution is -2.52. The number of nitrogens with two attached hydrogens (primary N) is 1. The smallest absolute Gasteiger partial charge is 0.198 e. The molecule has 11 nitrogen and oxygen atoms in total. The Morgan fingerprint density at radius 1 is 1.21 bits per heavy atom. The number of methoxy groups -OCH3 is 1. The van der Waals surface area contributed by atoms with Crippen LogP contribution in [-0.4, -0.2) is 80.9 Å². The molecular formula is C27H32N2O9. The Labute approximate surface area is 218 Å². The molecule has 5 rings (SSSR count). The summed E-state index contributed by atoms with van der Waals surface area (Å²) in [6.07, 6.45) is -3.64. The van der Waals surface area contributed by atoms with Gasteiger partial charge in [0.25, 0.3) is 0 Å². The molecule has 0 aromatic heterocycles. The number of ketones is 1. The molecule has 11 heteroatoms. The fourth-order valence-corrected chi connectivity index (χ4v) is 5.91. The highest BCUT2D eigenvalue weighted by Gasteiger charge is 2.47. The van der Waals surface area contributed by atoms with Crippen LogP contribution in [0.25, 0.3) is 0 Å². The van der Waals surface area contributed by atoms with Crippen LogP contribution in [0.1, 0.15) is 70.5 Å². The maximum absolute atomic E-state index is 13.6. The van der Waals surface area contributed by atoms with Crippen molar-refractivity contribution in [3.8, 4) is 17.2 Å². The monoisotopic (exact) mass is 528 g/mol. The summed E-state index contributed by atoms with van der Waals surface area (Å²) in [6.45, 7) is 1.30. The van der Waals surface area contributed by atoms with Gasteiger partial charge < -0.3 is 45.5 Å². The summed E-state index contributed by atoms with van der Waals surface area (Å²) in [4.78, 5) is 13.6. The van der Waals surface area contributed by atoms with Crippen molar-refractivity contribution in [2.75, 3.05) is 13.7 Å². The molecule has 8 N–H and O–H groups in total. The summed E-state index contributed by atoms with van der Waals surface area (Å²) in [7, 11) is 1.41. The number of carbonyl (C=O) groups is 1. The maximum Gasteiger partial charge on any atom is 0.198 e. The second-order valence-corrected chi connectivity index (χ2v) is 10.3. The topological polar surface area (TPSA) is 196 Å². The zero-order valence-electron chi connectivity index (χ0n) is 21.1. The van der Waals surface area contributed by atoms with Crippen LogP contribution in [0.3, 0.4) is 0 Å². The van der Waals surface area contributed by atoms with Crippen molar-refractivity contribution in [1.82, 2.24) is 0 Å². The molecule has 1 heterocycles. The minimum atomic E-state index is -1.53. The number of aliphatic hydroxyl groups is 3. The number of hydrogen-bond acceptors (Lipinski definition) is 11. The van der Waals surface area contributed by atoms with Gasteiger partial charge >= 0.3 is 0 Å². The van der Waals surface area contributed by atoms with Crippen LogP contribution in [0.4, 0.5) is 0 Å². The van der Waals surface area contributed by atoms with Crippen LogP contribution >= 0.6 is 0 Å². The third-order valence-electron chi connectivity index (χ3n) is 7.84. The number of fused-ring (bicyclic) bond motifs is 3. The van der Waals surface area contributed by atoms with E-state index in [0.29, 0.717) is 0 Å². The highest BCUT2D eigenvalue weighted by atomic mass is 16.7. The Bertz CT molecular complexity index is 1300. The molecule has 6 atom stereocenters. The number of phenols is 2. The van der Waals surface area contributed by atoms with Crippen LogP contribution in [0.2, 0.25) is 0 Å². The quantitative estimate of drug-likeness (QED) is 0.235. The summed E-state index contributed by atoms with van der Waals surface area (Å²) in [5.41, 5.74) is 4.46. The summed E-state index contributed by atoms with van der Waals surface area (Å²) in [5.74, 6) is -1.22. The van der Waals surface area contributed by atoms with Crippen molar-refractivity contribution < 1.29 is 44.5 Å². The Hall–Kier alpha value is -3.06. The molecule has 1 fully saturated rings. The standard InChI is InChI=1S/C27H32N2O9/c1-11-23(31)14(28)8-17(37-11)38-16-10-27(35,6-7-30)9-13-19(16)26(34)20-21(25(13)33)24(32)12-4-3-5-15(36-2)18(12)22(20)29/h3-5,11,14,16-17,23,29-31,33-35H,6-10,28H2,1-2H3/t11?,14?,16-,17?,23?,27-/m0/s1. The Kier molecular flexibility index (Phi) is 6.70. The molecule has 2 aromatic carbocycles. The average Bonchev–Trinajstić information content (AvgIpc) is 2.87. The van der Waals surface area contributed by atoms with E-state index in [4.69, 9.17) is 25.4 Å². The summed E-state index contributed by atoms with van der Waals surface area (Å²) in [5, 5.41) is 63.0. The number of benzene rings is 2. The van der Waals surface area contributed by atoms with Crippen LogP contribution in [0.15, 0.2) is 18.2 Å². The molecular weight excluding hydrogens is 496 g/mol. The van der Waals surface area contributed by atoms with E-state index in [1.165, 1.54) is 13.2 Å². The first-order valence-corrected chi connectivity index (χ1v) is 12.5. The summed E-state index contributed by atoms with van der Waals surface area (Å²) >= 11 is 0. The van der Waals surface area contributed by atoms with E-state index in [0.717, 1.165) is 0 Å². The fraction of sp³-hybridized carbons (Fsp3) is 0.481. The number of aliphatic hydroxyl groups excluding tert-OH is 2. The molecule has 3 aliphatic rings. The van der Waals surface area contributed by atoms with Gasteiger partial charge in [0.2, 0.25) is 0 Å². The Morgan fingerprint density at radius 2 is 1.95 bits per heavy atom. The molecule has 1 aliphatic heterocycles. The van der Waals surface area contributed by atoms with E-state index in [1.807, 2.05) is 0 Å². The number of carbonyl (C=O) groups excluding carboxylic acids is 1. The van der Waals surface area contributed by atoms with Crippen molar-refractivity contribution in [1.29, 1.82) is 5.41 Å². The molecule has 4 unspecified atom stereocenters. The predicted octanol–water partition coefficient (Wildman–Crippen LogP) is 1.01. The molecule has 1 saturated heterocycles.